The summed E-state index contributed by atoms with van der Waals surface area (Å²) in [6.07, 6.45) is 2.47. The van der Waals surface area contributed by atoms with E-state index in [9.17, 15) is 9.65 Å². The topological polar surface area (TPSA) is 83.8 Å². The van der Waals surface area contributed by atoms with Gasteiger partial charge in [0.2, 0.25) is 0 Å². The quantitative estimate of drug-likeness (QED) is 0.770. The molecule has 0 unspecified atom stereocenters. The molecule has 4 rings (SSSR count). The van der Waals surface area contributed by atoms with E-state index in [1.54, 1.807) is 16.9 Å². The second-order valence-electron chi connectivity index (χ2n) is 6.29. The number of nitrogens with two attached hydrogens (primary N) is 1. The van der Waals surface area contributed by atoms with E-state index >= 15 is 0 Å². The Kier molecular flexibility index (Phi) is 3.81. The van der Waals surface area contributed by atoms with Crippen molar-refractivity contribution >= 4 is 11.5 Å². The van der Waals surface area contributed by atoms with Crippen LogP contribution in [0.1, 0.15) is 16.8 Å². The Morgan fingerprint density at radius 2 is 2.12 bits per heavy atom. The van der Waals surface area contributed by atoms with Crippen molar-refractivity contribution in [3.05, 3.63) is 59.2 Å². The highest BCUT2D eigenvalue weighted by Gasteiger charge is 2.24. The maximum absolute atomic E-state index is 13.7. The van der Waals surface area contributed by atoms with Crippen LogP contribution in [0.5, 0.6) is 0 Å². The van der Waals surface area contributed by atoms with Crippen LogP contribution in [0, 0.1) is 17.1 Å². The molecular weight excluding hydrogens is 331 g/mol. The molecule has 0 spiro atoms. The van der Waals surface area contributed by atoms with Gasteiger partial charge in [-0.15, -0.1) is 0 Å². The molecule has 0 fully saturated rings. The van der Waals surface area contributed by atoms with E-state index < -0.39 is 5.82 Å². The molecule has 1 aliphatic heterocycles. The first-order valence-corrected chi connectivity index (χ1v) is 8.28. The molecule has 7 heteroatoms. The van der Waals surface area contributed by atoms with Crippen molar-refractivity contribution in [2.75, 3.05) is 17.2 Å². The SMILES string of the molecule is Cn1ncc(N2CCc3cc(F)c(N)nc3C2)c1-c1ccccc1C#N. The minimum atomic E-state index is -0.470. The zero-order chi connectivity index (χ0) is 18.3. The smallest absolute Gasteiger partial charge is 0.165 e. The number of aryl methyl sites for hydroxylation is 1. The van der Waals surface area contributed by atoms with E-state index in [2.05, 4.69) is 21.1 Å². The molecule has 0 amide bonds. The Hall–Kier alpha value is -3.40. The third-order valence-corrected chi connectivity index (χ3v) is 4.73. The lowest BCUT2D eigenvalue weighted by atomic mass is 10.0. The standard InChI is InChI=1S/C19H17FN6/c1-25-18(14-5-3-2-4-13(14)9-21)17(10-23-25)26-7-6-12-8-15(20)19(22)24-16(12)11-26/h2-5,8,10H,6-7,11H2,1H3,(H2,22,24). The highest BCUT2D eigenvalue weighted by molar-refractivity contribution is 5.79. The van der Waals surface area contributed by atoms with Crippen molar-refractivity contribution < 1.29 is 4.39 Å². The minimum Gasteiger partial charge on any atom is -0.381 e. The molecule has 2 aromatic heterocycles. The van der Waals surface area contributed by atoms with E-state index in [-0.39, 0.29) is 5.82 Å². The van der Waals surface area contributed by atoms with Crippen LogP contribution >= 0.6 is 0 Å². The van der Waals surface area contributed by atoms with Gasteiger partial charge in [0.25, 0.3) is 0 Å². The zero-order valence-corrected chi connectivity index (χ0v) is 14.3. The van der Waals surface area contributed by atoms with E-state index in [1.807, 2.05) is 25.2 Å². The highest BCUT2D eigenvalue weighted by Crippen LogP contribution is 2.35. The fourth-order valence-electron chi connectivity index (χ4n) is 3.41. The molecule has 3 heterocycles. The van der Waals surface area contributed by atoms with Gasteiger partial charge in [0, 0.05) is 19.2 Å². The van der Waals surface area contributed by atoms with Crippen LogP contribution in [0.4, 0.5) is 15.9 Å². The first kappa shape index (κ1) is 16.1. The summed E-state index contributed by atoms with van der Waals surface area (Å²) in [7, 11) is 1.86. The molecule has 0 bridgehead atoms. The molecule has 0 atom stereocenters. The second kappa shape index (κ2) is 6.15. The number of rotatable bonds is 2. The van der Waals surface area contributed by atoms with Crippen molar-refractivity contribution in [3.8, 4) is 17.3 Å². The van der Waals surface area contributed by atoms with E-state index in [0.717, 1.165) is 28.2 Å². The maximum atomic E-state index is 13.7. The Balaban J connectivity index is 1.77. The zero-order valence-electron chi connectivity index (χ0n) is 14.3. The van der Waals surface area contributed by atoms with Crippen LogP contribution in [-0.4, -0.2) is 21.3 Å². The summed E-state index contributed by atoms with van der Waals surface area (Å²) in [5, 5.41) is 13.8. The van der Waals surface area contributed by atoms with Crippen molar-refractivity contribution in [3.63, 3.8) is 0 Å². The number of pyridine rings is 1. The molecule has 3 aromatic rings. The van der Waals surface area contributed by atoms with Gasteiger partial charge in [-0.1, -0.05) is 18.2 Å². The highest BCUT2D eigenvalue weighted by atomic mass is 19.1. The molecule has 0 radical (unpaired) electrons. The van der Waals surface area contributed by atoms with Crippen LogP contribution in [-0.2, 0) is 20.0 Å². The number of hydrogen-bond acceptors (Lipinski definition) is 5. The number of nitrogens with zero attached hydrogens (tertiary/aromatic N) is 5. The average molecular weight is 348 g/mol. The Morgan fingerprint density at radius 1 is 1.31 bits per heavy atom. The number of hydrogen-bond donors (Lipinski definition) is 1. The van der Waals surface area contributed by atoms with Gasteiger partial charge in [0.15, 0.2) is 11.6 Å². The summed E-state index contributed by atoms with van der Waals surface area (Å²) < 4.78 is 15.4. The summed E-state index contributed by atoms with van der Waals surface area (Å²) in [6.45, 7) is 1.23. The maximum Gasteiger partial charge on any atom is 0.165 e. The van der Waals surface area contributed by atoms with Crippen LogP contribution < -0.4 is 10.6 Å². The predicted molar refractivity (Wildman–Crippen MR) is 96.7 cm³/mol. The Bertz CT molecular complexity index is 1030. The van der Waals surface area contributed by atoms with Gasteiger partial charge in [-0.25, -0.2) is 9.37 Å². The lowest BCUT2D eigenvalue weighted by Gasteiger charge is -2.30. The first-order valence-electron chi connectivity index (χ1n) is 8.28. The molecule has 0 saturated carbocycles. The lowest BCUT2D eigenvalue weighted by Crippen LogP contribution is -2.31. The van der Waals surface area contributed by atoms with Gasteiger partial charge in [-0.3, -0.25) is 4.68 Å². The molecule has 1 aromatic carbocycles. The van der Waals surface area contributed by atoms with Gasteiger partial charge in [0.1, 0.15) is 0 Å². The summed E-state index contributed by atoms with van der Waals surface area (Å²) in [4.78, 5) is 6.36. The van der Waals surface area contributed by atoms with Gasteiger partial charge in [-0.05, 0) is 24.1 Å². The number of benzene rings is 1. The van der Waals surface area contributed by atoms with E-state index in [1.165, 1.54) is 6.07 Å². The summed E-state index contributed by atoms with van der Waals surface area (Å²) in [5.41, 5.74) is 10.5. The number of nitriles is 1. The lowest BCUT2D eigenvalue weighted by molar-refractivity contribution is 0.613. The second-order valence-corrected chi connectivity index (χ2v) is 6.29. The summed E-state index contributed by atoms with van der Waals surface area (Å²) in [5.74, 6) is -0.547. The molecule has 0 aliphatic carbocycles. The Labute approximate surface area is 150 Å². The van der Waals surface area contributed by atoms with Gasteiger partial charge >= 0.3 is 0 Å². The summed E-state index contributed by atoms with van der Waals surface area (Å²) in [6, 6.07) is 11.2. The molecular formula is C19H17FN6. The fourth-order valence-corrected chi connectivity index (χ4v) is 3.41. The van der Waals surface area contributed by atoms with Crippen molar-refractivity contribution in [2.45, 2.75) is 13.0 Å². The number of anilines is 2. The summed E-state index contributed by atoms with van der Waals surface area (Å²) >= 11 is 0. The third kappa shape index (κ3) is 2.56. The number of aromatic nitrogens is 3. The normalized spacial score (nSPS) is 13.3. The van der Waals surface area contributed by atoms with Crippen molar-refractivity contribution in [1.82, 2.24) is 14.8 Å². The monoisotopic (exact) mass is 348 g/mol. The van der Waals surface area contributed by atoms with Gasteiger partial charge in [-0.2, -0.15) is 10.4 Å². The molecule has 26 heavy (non-hydrogen) atoms. The van der Waals surface area contributed by atoms with E-state index in [4.69, 9.17) is 5.73 Å². The fraction of sp³-hybridized carbons (Fsp3) is 0.211. The molecule has 1 aliphatic rings. The third-order valence-electron chi connectivity index (χ3n) is 4.73. The molecule has 130 valence electrons. The van der Waals surface area contributed by atoms with Crippen LogP contribution in [0.25, 0.3) is 11.3 Å². The number of fused-ring (bicyclic) bond motifs is 1. The average Bonchev–Trinajstić information content (AvgIpc) is 3.03. The molecule has 0 saturated heterocycles. The predicted octanol–water partition coefficient (Wildman–Crippen LogP) is 2.64. The van der Waals surface area contributed by atoms with Crippen LogP contribution in [0.2, 0.25) is 0 Å². The van der Waals surface area contributed by atoms with Crippen LogP contribution in [0.15, 0.2) is 36.5 Å². The van der Waals surface area contributed by atoms with Gasteiger partial charge < -0.3 is 10.6 Å². The molecule has 6 nitrogen and oxygen atoms in total. The Morgan fingerprint density at radius 3 is 2.92 bits per heavy atom. The number of nitrogen functional groups attached to an aromatic ring is 1. The van der Waals surface area contributed by atoms with Gasteiger partial charge in [0.05, 0.1) is 41.4 Å². The first-order chi connectivity index (χ1) is 12.6. The van der Waals surface area contributed by atoms with Crippen molar-refractivity contribution in [1.29, 1.82) is 5.26 Å². The molecule has 2 N–H and O–H groups in total. The van der Waals surface area contributed by atoms with Crippen molar-refractivity contribution in [2.24, 2.45) is 7.05 Å². The largest absolute Gasteiger partial charge is 0.381 e. The van der Waals surface area contributed by atoms with Crippen LogP contribution in [0.3, 0.4) is 0 Å². The van der Waals surface area contributed by atoms with E-state index in [0.29, 0.717) is 25.1 Å². The minimum absolute atomic E-state index is 0.0770. The number of halogens is 1.